The van der Waals surface area contributed by atoms with Gasteiger partial charge in [-0.15, -0.1) is 6.42 Å². The zero-order chi connectivity index (χ0) is 14.4. The van der Waals surface area contributed by atoms with Gasteiger partial charge >= 0.3 is 5.69 Å². The van der Waals surface area contributed by atoms with E-state index in [0.717, 1.165) is 12.1 Å². The summed E-state index contributed by atoms with van der Waals surface area (Å²) in [5.41, 5.74) is -0.609. The molecule has 1 amide bonds. The molecular weight excluding hydrogens is 251 g/mol. The Labute approximate surface area is 110 Å². The summed E-state index contributed by atoms with van der Waals surface area (Å²) in [6, 6.07) is 3.06. The van der Waals surface area contributed by atoms with Crippen LogP contribution in [-0.4, -0.2) is 28.8 Å². The van der Waals surface area contributed by atoms with Gasteiger partial charge in [-0.3, -0.25) is 14.9 Å². The molecule has 0 saturated carbocycles. The lowest BCUT2D eigenvalue weighted by atomic mass is 10.1. The fraction of sp³-hybridized carbons (Fsp3) is 0.308. The standard InChI is InChI=1S/C13H13FN2O3/c1-3-7-15(8-4-2)13(17)10-5-6-12(16(18)19)11(14)9-10/h1,5-6,9H,4,7-8H2,2H3. The normalized spacial score (nSPS) is 9.74. The van der Waals surface area contributed by atoms with Crippen molar-refractivity contribution in [2.75, 3.05) is 13.1 Å². The Kier molecular flexibility index (Phi) is 5.01. The summed E-state index contributed by atoms with van der Waals surface area (Å²) < 4.78 is 13.4. The predicted octanol–water partition coefficient (Wildman–Crippen LogP) is 2.22. The fourth-order valence-electron chi connectivity index (χ4n) is 1.60. The molecule has 0 saturated heterocycles. The molecule has 0 aliphatic rings. The number of carbonyl (C=O) groups is 1. The Morgan fingerprint density at radius 2 is 2.26 bits per heavy atom. The van der Waals surface area contributed by atoms with Crippen molar-refractivity contribution in [3.05, 3.63) is 39.7 Å². The minimum absolute atomic E-state index is 0.0480. The molecule has 0 aliphatic carbocycles. The van der Waals surface area contributed by atoms with Crippen LogP contribution in [0.5, 0.6) is 0 Å². The van der Waals surface area contributed by atoms with Crippen molar-refractivity contribution in [1.82, 2.24) is 4.90 Å². The van der Waals surface area contributed by atoms with E-state index < -0.39 is 22.3 Å². The number of hydrogen-bond acceptors (Lipinski definition) is 3. The largest absolute Gasteiger partial charge is 0.328 e. The van der Waals surface area contributed by atoms with Gasteiger partial charge in [0.1, 0.15) is 0 Å². The third-order valence-corrected chi connectivity index (χ3v) is 2.45. The molecule has 1 aromatic carbocycles. The first-order valence-corrected chi connectivity index (χ1v) is 5.68. The van der Waals surface area contributed by atoms with Crippen molar-refractivity contribution in [2.24, 2.45) is 0 Å². The second-order valence-corrected chi connectivity index (χ2v) is 3.85. The third kappa shape index (κ3) is 3.52. The fourth-order valence-corrected chi connectivity index (χ4v) is 1.60. The Hall–Kier alpha value is -2.42. The quantitative estimate of drug-likeness (QED) is 0.465. The summed E-state index contributed by atoms with van der Waals surface area (Å²) in [4.78, 5) is 23.1. The summed E-state index contributed by atoms with van der Waals surface area (Å²) >= 11 is 0. The number of nitro benzene ring substituents is 1. The van der Waals surface area contributed by atoms with Crippen LogP contribution in [0.2, 0.25) is 0 Å². The van der Waals surface area contributed by atoms with Gasteiger partial charge in [-0.05, 0) is 18.6 Å². The average molecular weight is 264 g/mol. The van der Waals surface area contributed by atoms with Crippen LogP contribution in [-0.2, 0) is 0 Å². The zero-order valence-corrected chi connectivity index (χ0v) is 10.4. The molecule has 0 fully saturated rings. The number of halogens is 1. The van der Waals surface area contributed by atoms with Crippen molar-refractivity contribution in [1.29, 1.82) is 0 Å². The summed E-state index contributed by atoms with van der Waals surface area (Å²) in [6.45, 7) is 2.44. The number of amides is 1. The Morgan fingerprint density at radius 1 is 1.58 bits per heavy atom. The summed E-state index contributed by atoms with van der Waals surface area (Å²) in [7, 11) is 0. The molecule has 1 rings (SSSR count). The van der Waals surface area contributed by atoms with E-state index in [1.165, 1.54) is 11.0 Å². The monoisotopic (exact) mass is 264 g/mol. The van der Waals surface area contributed by atoms with E-state index in [4.69, 9.17) is 6.42 Å². The number of nitro groups is 1. The maximum atomic E-state index is 13.4. The molecule has 0 aromatic heterocycles. The molecule has 0 unspecified atom stereocenters. The van der Waals surface area contributed by atoms with Gasteiger partial charge in [-0.2, -0.15) is 4.39 Å². The van der Waals surface area contributed by atoms with E-state index in [9.17, 15) is 19.3 Å². The van der Waals surface area contributed by atoms with Gasteiger partial charge in [0.2, 0.25) is 5.82 Å². The van der Waals surface area contributed by atoms with E-state index in [2.05, 4.69) is 5.92 Å². The number of rotatable bonds is 5. The van der Waals surface area contributed by atoms with Gasteiger partial charge in [0.25, 0.3) is 5.91 Å². The van der Waals surface area contributed by atoms with Crippen LogP contribution < -0.4 is 0 Å². The second-order valence-electron chi connectivity index (χ2n) is 3.85. The topological polar surface area (TPSA) is 63.5 Å². The van der Waals surface area contributed by atoms with Crippen molar-refractivity contribution in [3.8, 4) is 12.3 Å². The van der Waals surface area contributed by atoms with Crippen molar-refractivity contribution in [2.45, 2.75) is 13.3 Å². The molecule has 0 atom stereocenters. The lowest BCUT2D eigenvalue weighted by Crippen LogP contribution is -2.32. The van der Waals surface area contributed by atoms with Crippen LogP contribution in [0.15, 0.2) is 18.2 Å². The van der Waals surface area contributed by atoms with E-state index in [-0.39, 0.29) is 12.1 Å². The highest BCUT2D eigenvalue weighted by Gasteiger charge is 2.19. The molecule has 0 radical (unpaired) electrons. The first kappa shape index (κ1) is 14.6. The number of terminal acetylenes is 1. The Bertz CT molecular complexity index is 537. The Balaban J connectivity index is 3.02. The maximum absolute atomic E-state index is 13.4. The SMILES string of the molecule is C#CCN(CCC)C(=O)c1ccc([N+](=O)[O-])c(F)c1. The van der Waals surface area contributed by atoms with Gasteiger partial charge < -0.3 is 4.90 Å². The molecule has 1 aromatic rings. The summed E-state index contributed by atoms with van der Waals surface area (Å²) in [6.07, 6.45) is 5.87. The zero-order valence-electron chi connectivity index (χ0n) is 10.4. The van der Waals surface area contributed by atoms with Crippen LogP contribution in [0.25, 0.3) is 0 Å². The summed E-state index contributed by atoms with van der Waals surface area (Å²) in [5, 5.41) is 10.5. The molecule has 0 N–H and O–H groups in total. The molecule has 0 aliphatic heterocycles. The maximum Gasteiger partial charge on any atom is 0.304 e. The van der Waals surface area contributed by atoms with Crippen molar-refractivity contribution < 1.29 is 14.1 Å². The van der Waals surface area contributed by atoms with Crippen LogP contribution in [0, 0.1) is 28.3 Å². The highest BCUT2D eigenvalue weighted by molar-refractivity contribution is 5.94. The molecule has 0 spiro atoms. The predicted molar refractivity (Wildman–Crippen MR) is 68.1 cm³/mol. The van der Waals surface area contributed by atoms with Gasteiger partial charge in [-0.1, -0.05) is 12.8 Å². The van der Waals surface area contributed by atoms with Crippen molar-refractivity contribution >= 4 is 11.6 Å². The Morgan fingerprint density at radius 3 is 2.74 bits per heavy atom. The van der Waals surface area contributed by atoms with Crippen LogP contribution >= 0.6 is 0 Å². The minimum atomic E-state index is -1.03. The van der Waals surface area contributed by atoms with E-state index in [1.807, 2.05) is 6.92 Å². The first-order valence-electron chi connectivity index (χ1n) is 5.68. The van der Waals surface area contributed by atoms with E-state index in [1.54, 1.807) is 0 Å². The smallest absolute Gasteiger partial charge is 0.304 e. The van der Waals surface area contributed by atoms with E-state index in [0.29, 0.717) is 13.0 Å². The van der Waals surface area contributed by atoms with Gasteiger partial charge in [-0.25, -0.2) is 0 Å². The number of nitrogens with zero attached hydrogens (tertiary/aromatic N) is 2. The summed E-state index contributed by atoms with van der Waals surface area (Å²) in [5.74, 6) is 0.880. The highest BCUT2D eigenvalue weighted by atomic mass is 19.1. The van der Waals surface area contributed by atoms with Crippen LogP contribution in [0.4, 0.5) is 10.1 Å². The van der Waals surface area contributed by atoms with Crippen molar-refractivity contribution in [3.63, 3.8) is 0 Å². The van der Waals surface area contributed by atoms with Gasteiger partial charge in [0, 0.05) is 18.2 Å². The molecule has 0 bridgehead atoms. The molecule has 19 heavy (non-hydrogen) atoms. The van der Waals surface area contributed by atoms with E-state index >= 15 is 0 Å². The molecule has 5 nitrogen and oxygen atoms in total. The molecule has 0 heterocycles. The average Bonchev–Trinajstić information content (AvgIpc) is 2.37. The first-order chi connectivity index (χ1) is 9.01. The number of benzene rings is 1. The number of hydrogen-bond donors (Lipinski definition) is 0. The lowest BCUT2D eigenvalue weighted by molar-refractivity contribution is -0.387. The number of carbonyl (C=O) groups excluding carboxylic acids is 1. The molecular formula is C13H13FN2O3. The second kappa shape index (κ2) is 6.50. The van der Waals surface area contributed by atoms with Gasteiger partial charge in [0.15, 0.2) is 0 Å². The van der Waals surface area contributed by atoms with Gasteiger partial charge in [0.05, 0.1) is 11.5 Å². The third-order valence-electron chi connectivity index (χ3n) is 2.45. The van der Waals surface area contributed by atoms with Crippen LogP contribution in [0.3, 0.4) is 0 Å². The molecule has 100 valence electrons. The molecule has 6 heteroatoms. The van der Waals surface area contributed by atoms with Crippen LogP contribution in [0.1, 0.15) is 23.7 Å². The highest BCUT2D eigenvalue weighted by Crippen LogP contribution is 2.19. The minimum Gasteiger partial charge on any atom is -0.328 e. The lowest BCUT2D eigenvalue weighted by Gasteiger charge is -2.19.